The number of rotatable bonds is 11. The molecule has 8 heteroatoms. The molecule has 1 saturated carbocycles. The molecule has 0 radical (unpaired) electrons. The Balaban J connectivity index is 1.43. The molecule has 186 valence electrons. The van der Waals surface area contributed by atoms with Crippen molar-refractivity contribution in [2.75, 3.05) is 13.2 Å². The average molecular weight is 471 g/mol. The highest BCUT2D eigenvalue weighted by molar-refractivity contribution is 6.06. The van der Waals surface area contributed by atoms with E-state index >= 15 is 0 Å². The molecular formula is C26H38N4O4. The van der Waals surface area contributed by atoms with Crippen LogP contribution in [-0.2, 0) is 16.2 Å². The maximum Gasteiger partial charge on any atom is 0.261 e. The molecule has 3 atom stereocenters. The van der Waals surface area contributed by atoms with Crippen molar-refractivity contribution in [2.24, 2.45) is 27.2 Å². The van der Waals surface area contributed by atoms with Crippen LogP contribution in [0.5, 0.6) is 0 Å². The van der Waals surface area contributed by atoms with Gasteiger partial charge in [0, 0.05) is 30.3 Å². The monoisotopic (exact) mass is 470 g/mol. The maximum absolute atomic E-state index is 12.0. The van der Waals surface area contributed by atoms with E-state index in [2.05, 4.69) is 39.7 Å². The van der Waals surface area contributed by atoms with Gasteiger partial charge in [0.25, 0.3) is 5.91 Å². The van der Waals surface area contributed by atoms with E-state index < -0.39 is 6.10 Å². The van der Waals surface area contributed by atoms with Crippen LogP contribution >= 0.6 is 0 Å². The lowest BCUT2D eigenvalue weighted by molar-refractivity contribution is -0.125. The number of oxime groups is 1. The van der Waals surface area contributed by atoms with Gasteiger partial charge in [0.2, 0.25) is 0 Å². The van der Waals surface area contributed by atoms with E-state index in [9.17, 15) is 9.90 Å². The second-order valence-corrected chi connectivity index (χ2v) is 9.23. The molecule has 1 heterocycles. The van der Waals surface area contributed by atoms with E-state index in [1.54, 1.807) is 6.21 Å². The number of unbranched alkanes of at least 4 members (excludes halogenated alkanes) is 1. The zero-order valence-corrected chi connectivity index (χ0v) is 20.2. The van der Waals surface area contributed by atoms with Crippen molar-refractivity contribution >= 4 is 23.5 Å². The molecule has 0 saturated heterocycles. The zero-order chi connectivity index (χ0) is 24.2. The molecule has 3 rings (SSSR count). The van der Waals surface area contributed by atoms with Crippen LogP contribution in [0, 0.1) is 11.8 Å². The molecule has 3 unspecified atom stereocenters. The van der Waals surface area contributed by atoms with Gasteiger partial charge in [0.1, 0.15) is 0 Å². The van der Waals surface area contributed by atoms with Crippen molar-refractivity contribution in [3.63, 3.8) is 0 Å². The van der Waals surface area contributed by atoms with E-state index in [1.807, 2.05) is 12.1 Å². The highest BCUT2D eigenvalue weighted by Gasteiger charge is 2.32. The molecule has 0 spiro atoms. The lowest BCUT2D eigenvalue weighted by Gasteiger charge is -2.32. The average Bonchev–Trinajstić information content (AvgIpc) is 2.83. The van der Waals surface area contributed by atoms with E-state index in [4.69, 9.17) is 9.94 Å². The summed E-state index contributed by atoms with van der Waals surface area (Å²) < 4.78 is 0. The highest BCUT2D eigenvalue weighted by atomic mass is 16.6. The molecule has 1 fully saturated rings. The van der Waals surface area contributed by atoms with E-state index in [0.717, 1.165) is 16.8 Å². The van der Waals surface area contributed by atoms with Gasteiger partial charge in [-0.15, -0.1) is 0 Å². The molecule has 1 aromatic rings. The third-order valence-corrected chi connectivity index (χ3v) is 6.63. The van der Waals surface area contributed by atoms with E-state index in [0.29, 0.717) is 37.6 Å². The summed E-state index contributed by atoms with van der Waals surface area (Å²) in [6.07, 6.45) is 10.2. The van der Waals surface area contributed by atoms with E-state index in [-0.39, 0.29) is 19.1 Å². The van der Waals surface area contributed by atoms with Gasteiger partial charge in [0.15, 0.2) is 6.61 Å². The van der Waals surface area contributed by atoms with Gasteiger partial charge in [0.05, 0.1) is 18.4 Å². The van der Waals surface area contributed by atoms with Gasteiger partial charge in [-0.25, -0.2) is 0 Å². The van der Waals surface area contributed by atoms with Gasteiger partial charge < -0.3 is 20.4 Å². The first-order valence-electron chi connectivity index (χ1n) is 12.5. The van der Waals surface area contributed by atoms with Crippen LogP contribution in [0.4, 0.5) is 0 Å². The fourth-order valence-corrected chi connectivity index (χ4v) is 4.65. The van der Waals surface area contributed by atoms with Crippen LogP contribution in [0.25, 0.3) is 0 Å². The number of amides is 1. The molecule has 1 aliphatic carbocycles. The van der Waals surface area contributed by atoms with Crippen molar-refractivity contribution in [1.82, 2.24) is 5.32 Å². The summed E-state index contributed by atoms with van der Waals surface area (Å²) in [5.74, 6) is 0.707. The SMILES string of the molecule is CC1=NN=C(c2ccc(CNC(=O)CON=CCCCC(O)CO)cc2)C2CCCCCCC12. The molecule has 34 heavy (non-hydrogen) atoms. The van der Waals surface area contributed by atoms with Gasteiger partial charge in [-0.3, -0.25) is 4.79 Å². The van der Waals surface area contributed by atoms with Crippen molar-refractivity contribution in [1.29, 1.82) is 0 Å². The van der Waals surface area contributed by atoms with Crippen LogP contribution in [0.1, 0.15) is 75.8 Å². The van der Waals surface area contributed by atoms with Crippen LogP contribution < -0.4 is 5.32 Å². The van der Waals surface area contributed by atoms with Crippen LogP contribution in [0.2, 0.25) is 0 Å². The number of fused-ring (bicyclic) bond motifs is 1. The number of hydrogen-bond acceptors (Lipinski definition) is 7. The minimum Gasteiger partial charge on any atom is -0.394 e. The van der Waals surface area contributed by atoms with Crippen molar-refractivity contribution in [3.05, 3.63) is 35.4 Å². The van der Waals surface area contributed by atoms with Crippen molar-refractivity contribution in [2.45, 2.75) is 77.4 Å². The fraction of sp³-hybridized carbons (Fsp3) is 0.615. The van der Waals surface area contributed by atoms with E-state index in [1.165, 1.54) is 44.2 Å². The number of hydrogen-bond donors (Lipinski definition) is 3. The number of nitrogens with zero attached hydrogens (tertiary/aromatic N) is 3. The first kappa shape index (κ1) is 26.0. The summed E-state index contributed by atoms with van der Waals surface area (Å²) in [6.45, 7) is 2.15. The van der Waals surface area contributed by atoms with Crippen LogP contribution in [-0.4, -0.2) is 53.1 Å². The first-order chi connectivity index (χ1) is 16.6. The fourth-order valence-electron chi connectivity index (χ4n) is 4.65. The predicted molar refractivity (Wildman–Crippen MR) is 134 cm³/mol. The quantitative estimate of drug-likeness (QED) is 0.260. The topological polar surface area (TPSA) is 116 Å². The molecular weight excluding hydrogens is 432 g/mol. The number of carbonyl (C=O) groups is 1. The molecule has 1 aromatic carbocycles. The Morgan fingerprint density at radius 3 is 2.65 bits per heavy atom. The minimum atomic E-state index is -0.694. The smallest absolute Gasteiger partial charge is 0.261 e. The molecule has 1 amide bonds. The van der Waals surface area contributed by atoms with Crippen molar-refractivity contribution in [3.8, 4) is 0 Å². The second-order valence-electron chi connectivity index (χ2n) is 9.23. The highest BCUT2D eigenvalue weighted by Crippen LogP contribution is 2.34. The summed E-state index contributed by atoms with van der Waals surface area (Å²) in [6, 6.07) is 8.23. The number of nitrogens with one attached hydrogen (secondary N) is 1. The minimum absolute atomic E-state index is 0.148. The molecule has 2 aliphatic rings. The predicted octanol–water partition coefficient (Wildman–Crippen LogP) is 3.59. The summed E-state index contributed by atoms with van der Waals surface area (Å²) >= 11 is 0. The normalized spacial score (nSPS) is 21.6. The molecule has 1 aliphatic heterocycles. The lowest BCUT2D eigenvalue weighted by atomic mass is 9.74. The molecule has 8 nitrogen and oxygen atoms in total. The zero-order valence-electron chi connectivity index (χ0n) is 20.2. The number of carbonyl (C=O) groups excluding carboxylic acids is 1. The number of aliphatic hydroxyl groups excluding tert-OH is 2. The Kier molecular flexibility index (Phi) is 10.7. The molecule has 0 bridgehead atoms. The second kappa shape index (κ2) is 14.0. The summed E-state index contributed by atoms with van der Waals surface area (Å²) in [5, 5.41) is 33.7. The van der Waals surface area contributed by atoms with Crippen LogP contribution in [0.15, 0.2) is 39.6 Å². The standard InChI is InChI=1S/C26H38N4O4/c1-19-23-9-4-2-3-5-10-24(23)26(30-29-19)21-13-11-20(12-14-21)16-27-25(33)18-34-28-15-7-6-8-22(32)17-31/h11-15,22-24,31-32H,2-10,16-18H2,1H3,(H,27,33). The Bertz CT molecular complexity index is 866. The van der Waals surface area contributed by atoms with Gasteiger partial charge in [-0.2, -0.15) is 10.2 Å². The number of benzene rings is 1. The van der Waals surface area contributed by atoms with Gasteiger partial charge >= 0.3 is 0 Å². The largest absolute Gasteiger partial charge is 0.394 e. The number of aliphatic hydroxyl groups is 2. The Morgan fingerprint density at radius 1 is 1.18 bits per heavy atom. The first-order valence-corrected chi connectivity index (χ1v) is 12.5. The lowest BCUT2D eigenvalue weighted by Crippen LogP contribution is -2.33. The van der Waals surface area contributed by atoms with Gasteiger partial charge in [-0.1, -0.05) is 55.1 Å². The Hall–Kier alpha value is -2.58. The summed E-state index contributed by atoms with van der Waals surface area (Å²) in [7, 11) is 0. The Morgan fingerprint density at radius 2 is 1.91 bits per heavy atom. The third kappa shape index (κ3) is 8.02. The molecule has 0 aromatic heterocycles. The summed E-state index contributed by atoms with van der Waals surface area (Å²) in [4.78, 5) is 17.0. The molecule has 3 N–H and O–H groups in total. The third-order valence-electron chi connectivity index (χ3n) is 6.63. The Labute approximate surface area is 202 Å². The van der Waals surface area contributed by atoms with Gasteiger partial charge in [-0.05, 0) is 50.2 Å². The van der Waals surface area contributed by atoms with Crippen LogP contribution in [0.3, 0.4) is 0 Å². The summed E-state index contributed by atoms with van der Waals surface area (Å²) in [5.41, 5.74) is 4.40. The maximum atomic E-state index is 12.0. The van der Waals surface area contributed by atoms with Crippen molar-refractivity contribution < 1.29 is 19.8 Å².